The minimum atomic E-state index is -1.56. The molecule has 0 saturated heterocycles. The third kappa shape index (κ3) is 2.19. The number of nitro benzene ring substituents is 1. The number of non-ortho nitro benzene ring substituents is 1. The molecule has 19 heavy (non-hydrogen) atoms. The van der Waals surface area contributed by atoms with E-state index < -0.39 is 16.6 Å². The first-order valence-corrected chi connectivity index (χ1v) is 5.67. The molecule has 1 aromatic rings. The van der Waals surface area contributed by atoms with E-state index in [2.05, 4.69) is 5.10 Å². The van der Waals surface area contributed by atoms with Gasteiger partial charge in [-0.05, 0) is 19.1 Å². The normalized spacial score (nSPS) is 22.3. The number of hydrogen-bond acceptors (Lipinski definition) is 5. The van der Waals surface area contributed by atoms with Crippen LogP contribution in [0.3, 0.4) is 0 Å². The number of amides is 1. The molecule has 1 amide bonds. The molecule has 0 aliphatic carbocycles. The standard InChI is InChI=1S/C12H13N3O4/c1-8-7-12(17,14(13-8)9(2)16)10-3-5-11(6-4-10)15(18)19/h3-6,17H,7H2,1-2H3. The van der Waals surface area contributed by atoms with Gasteiger partial charge in [0.05, 0.1) is 4.92 Å². The number of benzene rings is 1. The first kappa shape index (κ1) is 13.2. The van der Waals surface area contributed by atoms with Crippen LogP contribution in [0.4, 0.5) is 5.69 Å². The molecule has 0 aromatic heterocycles. The summed E-state index contributed by atoms with van der Waals surface area (Å²) in [5.41, 5.74) is -0.618. The lowest BCUT2D eigenvalue weighted by Crippen LogP contribution is -2.42. The van der Waals surface area contributed by atoms with Crippen LogP contribution in [0.25, 0.3) is 0 Å². The van der Waals surface area contributed by atoms with Crippen molar-refractivity contribution in [2.75, 3.05) is 0 Å². The molecule has 1 aliphatic rings. The predicted molar refractivity (Wildman–Crippen MR) is 67.2 cm³/mol. The van der Waals surface area contributed by atoms with Crippen LogP contribution in [0.2, 0.25) is 0 Å². The van der Waals surface area contributed by atoms with Crippen LogP contribution >= 0.6 is 0 Å². The third-order valence-corrected chi connectivity index (χ3v) is 2.96. The second-order valence-corrected chi connectivity index (χ2v) is 4.46. The number of hydrazone groups is 1. The highest BCUT2D eigenvalue weighted by molar-refractivity contribution is 5.88. The molecule has 0 spiro atoms. The van der Waals surface area contributed by atoms with Crippen LogP contribution in [0.1, 0.15) is 25.8 Å². The second-order valence-electron chi connectivity index (χ2n) is 4.46. The van der Waals surface area contributed by atoms with Gasteiger partial charge >= 0.3 is 0 Å². The van der Waals surface area contributed by atoms with Gasteiger partial charge in [0.1, 0.15) is 0 Å². The summed E-state index contributed by atoms with van der Waals surface area (Å²) < 4.78 is 0. The van der Waals surface area contributed by atoms with Gasteiger partial charge in [0.2, 0.25) is 5.91 Å². The van der Waals surface area contributed by atoms with Crippen molar-refractivity contribution < 1.29 is 14.8 Å². The molecule has 7 nitrogen and oxygen atoms in total. The highest BCUT2D eigenvalue weighted by atomic mass is 16.6. The highest BCUT2D eigenvalue weighted by Gasteiger charge is 2.43. The van der Waals surface area contributed by atoms with E-state index in [-0.39, 0.29) is 12.1 Å². The number of nitro groups is 1. The Kier molecular flexibility index (Phi) is 3.07. The first-order valence-electron chi connectivity index (χ1n) is 5.67. The van der Waals surface area contributed by atoms with Gasteiger partial charge in [0.25, 0.3) is 5.69 Å². The smallest absolute Gasteiger partial charge is 0.269 e. The van der Waals surface area contributed by atoms with Crippen LogP contribution in [0.15, 0.2) is 29.4 Å². The van der Waals surface area contributed by atoms with Gasteiger partial charge in [-0.1, -0.05) is 0 Å². The summed E-state index contributed by atoms with van der Waals surface area (Å²) in [6.07, 6.45) is 0.185. The van der Waals surface area contributed by atoms with Crippen molar-refractivity contribution in [2.24, 2.45) is 5.10 Å². The zero-order valence-corrected chi connectivity index (χ0v) is 10.5. The van der Waals surface area contributed by atoms with E-state index in [0.717, 1.165) is 5.01 Å². The molecule has 1 N–H and O–H groups in total. The van der Waals surface area contributed by atoms with Crippen molar-refractivity contribution in [3.05, 3.63) is 39.9 Å². The van der Waals surface area contributed by atoms with Gasteiger partial charge in [-0.3, -0.25) is 14.9 Å². The van der Waals surface area contributed by atoms with E-state index in [0.29, 0.717) is 11.3 Å². The molecule has 0 radical (unpaired) electrons. The second kappa shape index (κ2) is 4.43. The SMILES string of the molecule is CC(=O)N1N=C(C)CC1(O)c1ccc([N+](=O)[O-])cc1. The monoisotopic (exact) mass is 263 g/mol. The van der Waals surface area contributed by atoms with Crippen LogP contribution in [0, 0.1) is 10.1 Å². The molecular weight excluding hydrogens is 250 g/mol. The fourth-order valence-electron chi connectivity index (χ4n) is 2.13. The van der Waals surface area contributed by atoms with Gasteiger partial charge in [-0.25, -0.2) is 0 Å². The van der Waals surface area contributed by atoms with E-state index >= 15 is 0 Å². The molecule has 0 fully saturated rings. The highest BCUT2D eigenvalue weighted by Crippen LogP contribution is 2.35. The van der Waals surface area contributed by atoms with Crippen LogP contribution in [-0.4, -0.2) is 26.7 Å². The van der Waals surface area contributed by atoms with E-state index in [1.54, 1.807) is 6.92 Å². The molecule has 1 heterocycles. The molecule has 1 unspecified atom stereocenters. The maximum Gasteiger partial charge on any atom is 0.269 e. The Morgan fingerprint density at radius 2 is 2.05 bits per heavy atom. The number of carbonyl (C=O) groups is 1. The number of nitrogens with zero attached hydrogens (tertiary/aromatic N) is 3. The molecular formula is C12H13N3O4. The number of hydrogen-bond donors (Lipinski definition) is 1. The summed E-state index contributed by atoms with van der Waals surface area (Å²) >= 11 is 0. The number of carbonyl (C=O) groups excluding carboxylic acids is 1. The molecule has 1 aliphatic heterocycles. The lowest BCUT2D eigenvalue weighted by Gasteiger charge is -2.30. The summed E-state index contributed by atoms with van der Waals surface area (Å²) in [5.74, 6) is -0.391. The Balaban J connectivity index is 2.39. The van der Waals surface area contributed by atoms with E-state index in [1.807, 2.05) is 0 Å². The Morgan fingerprint density at radius 3 is 2.53 bits per heavy atom. The summed E-state index contributed by atoms with van der Waals surface area (Å²) in [5, 5.41) is 26.2. The quantitative estimate of drug-likeness (QED) is 0.643. The topological polar surface area (TPSA) is 96.0 Å². The largest absolute Gasteiger partial charge is 0.365 e. The van der Waals surface area contributed by atoms with Crippen molar-refractivity contribution >= 4 is 17.3 Å². The molecule has 0 saturated carbocycles. The van der Waals surface area contributed by atoms with Crippen molar-refractivity contribution in [1.82, 2.24) is 5.01 Å². The van der Waals surface area contributed by atoms with Crippen molar-refractivity contribution in [1.29, 1.82) is 0 Å². The first-order chi connectivity index (χ1) is 8.84. The maximum absolute atomic E-state index is 11.5. The summed E-state index contributed by atoms with van der Waals surface area (Å²) in [4.78, 5) is 21.6. The number of rotatable bonds is 2. The molecule has 7 heteroatoms. The molecule has 0 bridgehead atoms. The summed E-state index contributed by atoms with van der Waals surface area (Å²) in [6.45, 7) is 3.01. The van der Waals surface area contributed by atoms with Gasteiger partial charge in [0, 0.05) is 36.8 Å². The Bertz CT molecular complexity index is 567. The van der Waals surface area contributed by atoms with Gasteiger partial charge in [0.15, 0.2) is 5.72 Å². The van der Waals surface area contributed by atoms with E-state index in [1.165, 1.54) is 31.2 Å². The minimum absolute atomic E-state index is 0.0719. The third-order valence-electron chi connectivity index (χ3n) is 2.96. The average Bonchev–Trinajstić information content (AvgIpc) is 2.66. The fraction of sp³-hybridized carbons (Fsp3) is 0.333. The van der Waals surface area contributed by atoms with Crippen molar-refractivity contribution in [3.63, 3.8) is 0 Å². The van der Waals surface area contributed by atoms with Gasteiger partial charge < -0.3 is 5.11 Å². The maximum atomic E-state index is 11.5. The van der Waals surface area contributed by atoms with Crippen LogP contribution < -0.4 is 0 Å². The lowest BCUT2D eigenvalue weighted by atomic mass is 9.97. The zero-order chi connectivity index (χ0) is 14.2. The minimum Gasteiger partial charge on any atom is -0.365 e. The Morgan fingerprint density at radius 1 is 1.47 bits per heavy atom. The van der Waals surface area contributed by atoms with Crippen LogP contribution in [-0.2, 0) is 10.5 Å². The Labute approximate surface area is 109 Å². The zero-order valence-electron chi connectivity index (χ0n) is 10.5. The molecule has 1 aromatic carbocycles. The average molecular weight is 263 g/mol. The lowest BCUT2D eigenvalue weighted by molar-refractivity contribution is -0.384. The Hall–Kier alpha value is -2.28. The molecule has 2 rings (SSSR count). The van der Waals surface area contributed by atoms with Crippen molar-refractivity contribution in [2.45, 2.75) is 26.0 Å². The number of aliphatic hydroxyl groups is 1. The predicted octanol–water partition coefficient (Wildman–Crippen LogP) is 1.37. The van der Waals surface area contributed by atoms with Gasteiger partial charge in [-0.15, -0.1) is 0 Å². The van der Waals surface area contributed by atoms with Gasteiger partial charge in [-0.2, -0.15) is 10.1 Å². The summed E-state index contributed by atoms with van der Waals surface area (Å²) in [7, 11) is 0. The van der Waals surface area contributed by atoms with E-state index in [4.69, 9.17) is 0 Å². The fourth-order valence-corrected chi connectivity index (χ4v) is 2.13. The van der Waals surface area contributed by atoms with Crippen LogP contribution in [0.5, 0.6) is 0 Å². The molecule has 1 atom stereocenters. The molecule has 100 valence electrons. The van der Waals surface area contributed by atoms with Crippen molar-refractivity contribution in [3.8, 4) is 0 Å². The summed E-state index contributed by atoms with van der Waals surface area (Å²) in [6, 6.07) is 5.45. The van der Waals surface area contributed by atoms with E-state index in [9.17, 15) is 20.0 Å².